The van der Waals surface area contributed by atoms with Crippen LogP contribution in [0.25, 0.3) is 16.7 Å². The summed E-state index contributed by atoms with van der Waals surface area (Å²) in [5, 5.41) is 13.8. The van der Waals surface area contributed by atoms with Gasteiger partial charge in [-0.15, -0.1) is 15.3 Å². The second kappa shape index (κ2) is 8.01. The highest BCUT2D eigenvalue weighted by Crippen LogP contribution is 2.29. The number of carbonyl (C=O) groups excluding carboxylic acids is 1. The molecule has 5 rings (SSSR count). The van der Waals surface area contributed by atoms with Crippen molar-refractivity contribution in [3.8, 4) is 0 Å². The normalized spacial score (nSPS) is 16.4. The Morgan fingerprint density at radius 1 is 1.15 bits per heavy atom. The van der Waals surface area contributed by atoms with Crippen LogP contribution in [0.3, 0.4) is 0 Å². The summed E-state index contributed by atoms with van der Waals surface area (Å²) in [6.07, 6.45) is -3.52. The van der Waals surface area contributed by atoms with E-state index in [1.165, 1.54) is 6.07 Å². The summed E-state index contributed by atoms with van der Waals surface area (Å²) in [4.78, 5) is 22.4. The third-order valence-corrected chi connectivity index (χ3v) is 5.87. The zero-order valence-electron chi connectivity index (χ0n) is 17.7. The number of anilines is 1. The van der Waals surface area contributed by atoms with Crippen LogP contribution in [0.5, 0.6) is 0 Å². The van der Waals surface area contributed by atoms with E-state index >= 15 is 0 Å². The number of piperidine rings is 1. The molecule has 1 aliphatic rings. The Labute approximate surface area is 186 Å². The number of amides is 1. The Morgan fingerprint density at radius 3 is 2.64 bits per heavy atom. The van der Waals surface area contributed by atoms with Gasteiger partial charge < -0.3 is 15.2 Å². The van der Waals surface area contributed by atoms with E-state index in [-0.39, 0.29) is 23.5 Å². The molecule has 172 valence electrons. The van der Waals surface area contributed by atoms with Gasteiger partial charge >= 0.3 is 6.18 Å². The number of carbonyl (C=O) groups is 1. The van der Waals surface area contributed by atoms with E-state index in [0.29, 0.717) is 42.1 Å². The standard InChI is InChI=1S/C21H21F3N8O/c1-12(18-26-14-4-2-3-5-15(14)27-18)25-19(33)13-8-10-31(11-9-13)17-7-6-16-28-29-20(21(22,23)24)32(16)30-17/h2-7,12-13H,8-11H2,1H3,(H,25,33)(H,26,27). The van der Waals surface area contributed by atoms with E-state index in [2.05, 4.69) is 30.6 Å². The minimum atomic E-state index is -4.65. The molecule has 0 spiro atoms. The van der Waals surface area contributed by atoms with Crippen LogP contribution in [0.4, 0.5) is 19.0 Å². The van der Waals surface area contributed by atoms with Crippen molar-refractivity contribution >= 4 is 28.4 Å². The molecule has 1 unspecified atom stereocenters. The van der Waals surface area contributed by atoms with Gasteiger partial charge in [-0.3, -0.25) is 4.79 Å². The average molecular weight is 458 g/mol. The number of aromatic nitrogens is 6. The first kappa shape index (κ1) is 21.2. The Kier molecular flexibility index (Phi) is 5.14. The molecule has 1 fully saturated rings. The number of fused-ring (bicyclic) bond motifs is 2. The molecular formula is C21H21F3N8O. The van der Waals surface area contributed by atoms with Crippen molar-refractivity contribution in [2.24, 2.45) is 5.92 Å². The van der Waals surface area contributed by atoms with E-state index in [1.807, 2.05) is 36.1 Å². The van der Waals surface area contributed by atoms with Crippen LogP contribution in [-0.4, -0.2) is 48.8 Å². The summed E-state index contributed by atoms with van der Waals surface area (Å²) in [7, 11) is 0. The highest BCUT2D eigenvalue weighted by Gasteiger charge is 2.38. The summed E-state index contributed by atoms with van der Waals surface area (Å²) in [5.74, 6) is -0.342. The number of nitrogens with zero attached hydrogens (tertiary/aromatic N) is 6. The second-order valence-electron chi connectivity index (χ2n) is 8.11. The number of imidazole rings is 1. The maximum Gasteiger partial charge on any atom is 0.453 e. The second-order valence-corrected chi connectivity index (χ2v) is 8.11. The van der Waals surface area contributed by atoms with E-state index in [1.54, 1.807) is 6.07 Å². The summed E-state index contributed by atoms with van der Waals surface area (Å²) in [6.45, 7) is 2.87. The quantitative estimate of drug-likeness (QED) is 0.487. The molecule has 1 saturated heterocycles. The molecule has 9 nitrogen and oxygen atoms in total. The van der Waals surface area contributed by atoms with Crippen LogP contribution in [0, 0.1) is 5.92 Å². The molecule has 12 heteroatoms. The number of nitrogens with one attached hydrogen (secondary N) is 2. The van der Waals surface area contributed by atoms with Gasteiger partial charge in [0.25, 0.3) is 5.82 Å². The molecule has 0 bridgehead atoms. The Bertz CT molecular complexity index is 1270. The van der Waals surface area contributed by atoms with Gasteiger partial charge in [0.15, 0.2) is 5.65 Å². The molecule has 1 amide bonds. The van der Waals surface area contributed by atoms with E-state index in [4.69, 9.17) is 0 Å². The van der Waals surface area contributed by atoms with Crippen LogP contribution >= 0.6 is 0 Å². The Morgan fingerprint density at radius 2 is 1.91 bits per heavy atom. The summed E-state index contributed by atoms with van der Waals surface area (Å²) in [5.41, 5.74) is 1.78. The zero-order valence-corrected chi connectivity index (χ0v) is 17.7. The third-order valence-electron chi connectivity index (χ3n) is 5.87. The van der Waals surface area contributed by atoms with E-state index < -0.39 is 12.0 Å². The first-order valence-corrected chi connectivity index (χ1v) is 10.6. The molecular weight excluding hydrogens is 437 g/mol. The molecule has 2 N–H and O–H groups in total. The van der Waals surface area contributed by atoms with Gasteiger partial charge in [0.05, 0.1) is 17.1 Å². The first-order valence-electron chi connectivity index (χ1n) is 10.6. The molecule has 33 heavy (non-hydrogen) atoms. The number of para-hydroxylation sites is 2. The lowest BCUT2D eigenvalue weighted by molar-refractivity contribution is -0.146. The third kappa shape index (κ3) is 4.08. The Balaban J connectivity index is 1.23. The van der Waals surface area contributed by atoms with Crippen molar-refractivity contribution in [1.82, 2.24) is 35.1 Å². The monoisotopic (exact) mass is 458 g/mol. The van der Waals surface area contributed by atoms with Crippen LogP contribution in [0.1, 0.15) is 37.5 Å². The highest BCUT2D eigenvalue weighted by atomic mass is 19.4. The SMILES string of the molecule is CC(NC(=O)C1CCN(c2ccc3nnc(C(F)(F)F)n3n2)CC1)c1nc2ccccc2[nH]1. The summed E-state index contributed by atoms with van der Waals surface area (Å²) in [6, 6.07) is 10.5. The fraction of sp³-hybridized carbons (Fsp3) is 0.381. The number of benzene rings is 1. The predicted octanol–water partition coefficient (Wildman–Crippen LogP) is 3.11. The van der Waals surface area contributed by atoms with Crippen LogP contribution < -0.4 is 10.2 Å². The first-order chi connectivity index (χ1) is 15.8. The van der Waals surface area contributed by atoms with E-state index in [9.17, 15) is 18.0 Å². The molecule has 1 atom stereocenters. The van der Waals surface area contributed by atoms with E-state index in [0.717, 1.165) is 11.0 Å². The number of aromatic amines is 1. The van der Waals surface area contributed by atoms with Gasteiger partial charge in [-0.2, -0.15) is 17.7 Å². The number of alkyl halides is 3. The predicted molar refractivity (Wildman–Crippen MR) is 113 cm³/mol. The zero-order chi connectivity index (χ0) is 23.2. The molecule has 0 radical (unpaired) electrons. The number of rotatable bonds is 4. The van der Waals surface area contributed by atoms with Crippen molar-refractivity contribution in [2.45, 2.75) is 32.0 Å². The van der Waals surface area contributed by atoms with Gasteiger partial charge in [-0.05, 0) is 44.0 Å². The maximum absolute atomic E-state index is 13.1. The van der Waals surface area contributed by atoms with Crippen molar-refractivity contribution in [3.05, 3.63) is 48.0 Å². The molecule has 4 heterocycles. The number of hydrogen-bond acceptors (Lipinski definition) is 6. The molecule has 0 saturated carbocycles. The lowest BCUT2D eigenvalue weighted by atomic mass is 9.95. The fourth-order valence-electron chi connectivity index (χ4n) is 4.07. The van der Waals surface area contributed by atoms with Gasteiger partial charge in [0, 0.05) is 19.0 Å². The van der Waals surface area contributed by atoms with Crippen molar-refractivity contribution < 1.29 is 18.0 Å². The highest BCUT2D eigenvalue weighted by molar-refractivity contribution is 5.80. The van der Waals surface area contributed by atoms with Gasteiger partial charge in [0.2, 0.25) is 5.91 Å². The average Bonchev–Trinajstić information content (AvgIpc) is 3.43. The molecule has 1 aromatic carbocycles. The lowest BCUT2D eigenvalue weighted by Crippen LogP contribution is -2.41. The van der Waals surface area contributed by atoms with Crippen molar-refractivity contribution in [1.29, 1.82) is 0 Å². The minimum Gasteiger partial charge on any atom is -0.355 e. The van der Waals surface area contributed by atoms with Gasteiger partial charge in [0.1, 0.15) is 11.6 Å². The summed E-state index contributed by atoms with van der Waals surface area (Å²) >= 11 is 0. The van der Waals surface area contributed by atoms with Crippen LogP contribution in [0.2, 0.25) is 0 Å². The van der Waals surface area contributed by atoms with Crippen molar-refractivity contribution in [2.75, 3.05) is 18.0 Å². The topological polar surface area (TPSA) is 104 Å². The number of H-pyrrole nitrogens is 1. The van der Waals surface area contributed by atoms with Crippen LogP contribution in [0.15, 0.2) is 36.4 Å². The van der Waals surface area contributed by atoms with Crippen molar-refractivity contribution in [3.63, 3.8) is 0 Å². The maximum atomic E-state index is 13.1. The summed E-state index contributed by atoms with van der Waals surface area (Å²) < 4.78 is 40.1. The molecule has 3 aromatic heterocycles. The van der Waals surface area contributed by atoms with Crippen LogP contribution in [-0.2, 0) is 11.0 Å². The smallest absolute Gasteiger partial charge is 0.355 e. The van der Waals surface area contributed by atoms with Gasteiger partial charge in [-0.1, -0.05) is 12.1 Å². The van der Waals surface area contributed by atoms with Gasteiger partial charge in [-0.25, -0.2) is 4.98 Å². The molecule has 0 aliphatic carbocycles. The Hall–Kier alpha value is -3.70. The number of hydrogen-bond donors (Lipinski definition) is 2. The lowest BCUT2D eigenvalue weighted by Gasteiger charge is -2.32. The number of halogens is 3. The minimum absolute atomic E-state index is 0.0277. The largest absolute Gasteiger partial charge is 0.453 e. The fourth-order valence-corrected chi connectivity index (χ4v) is 4.07. The molecule has 1 aliphatic heterocycles. The molecule has 4 aromatic rings.